The zero-order chi connectivity index (χ0) is 23.8. The minimum atomic E-state index is -0.501. The summed E-state index contributed by atoms with van der Waals surface area (Å²) >= 11 is 0. The van der Waals surface area contributed by atoms with Gasteiger partial charge in [-0.1, -0.05) is 30.3 Å². The van der Waals surface area contributed by atoms with E-state index in [2.05, 4.69) is 16.4 Å². The third-order valence-electron chi connectivity index (χ3n) is 5.42. The van der Waals surface area contributed by atoms with Crippen molar-refractivity contribution in [2.45, 2.75) is 19.4 Å². The van der Waals surface area contributed by atoms with Crippen LogP contribution in [0.4, 0.5) is 10.7 Å². The van der Waals surface area contributed by atoms with Crippen LogP contribution in [0.15, 0.2) is 57.6 Å². The van der Waals surface area contributed by atoms with Gasteiger partial charge in [0, 0.05) is 39.1 Å². The van der Waals surface area contributed by atoms with Crippen molar-refractivity contribution in [2.24, 2.45) is 0 Å². The van der Waals surface area contributed by atoms with Crippen LogP contribution in [0.25, 0.3) is 11.7 Å². The first-order valence-corrected chi connectivity index (χ1v) is 11.1. The highest BCUT2D eigenvalue weighted by atomic mass is 16.5. The molecule has 3 aromatic rings. The lowest BCUT2D eigenvalue weighted by molar-refractivity contribution is -0.131. The smallest absolute Gasteiger partial charge is 0.407 e. The quantitative estimate of drug-likeness (QED) is 0.505. The number of alkyl carbamates (subject to hydrolysis) is 1. The maximum atomic E-state index is 12.5. The van der Waals surface area contributed by atoms with E-state index in [1.807, 2.05) is 35.2 Å². The third kappa shape index (κ3) is 5.75. The molecule has 34 heavy (non-hydrogen) atoms. The molecule has 1 aliphatic heterocycles. The average molecular weight is 463 g/mol. The number of rotatable bonds is 8. The van der Waals surface area contributed by atoms with Crippen LogP contribution in [0, 0.1) is 11.3 Å². The van der Waals surface area contributed by atoms with Gasteiger partial charge in [0.2, 0.25) is 17.5 Å². The molecule has 176 valence electrons. The number of aromatic nitrogens is 1. The third-order valence-corrected chi connectivity index (χ3v) is 5.42. The molecule has 1 aliphatic rings. The van der Waals surface area contributed by atoms with Gasteiger partial charge in [0.25, 0.3) is 5.89 Å². The predicted octanol–water partition coefficient (Wildman–Crippen LogP) is 3.16. The molecule has 10 nitrogen and oxygen atoms in total. The van der Waals surface area contributed by atoms with Crippen molar-refractivity contribution in [2.75, 3.05) is 37.6 Å². The molecule has 0 radical (unpaired) electrons. The average Bonchev–Trinajstić information content (AvgIpc) is 3.56. The molecular formula is C24H25N5O5. The van der Waals surface area contributed by atoms with Crippen LogP contribution in [-0.4, -0.2) is 54.6 Å². The molecule has 0 atom stereocenters. The fourth-order valence-electron chi connectivity index (χ4n) is 3.63. The Bertz CT molecular complexity index is 1130. The van der Waals surface area contributed by atoms with Gasteiger partial charge in [-0.2, -0.15) is 10.2 Å². The second-order valence-electron chi connectivity index (χ2n) is 7.72. The molecule has 0 unspecified atom stereocenters. The molecule has 3 heterocycles. The molecule has 1 saturated heterocycles. The monoisotopic (exact) mass is 463 g/mol. The zero-order valence-corrected chi connectivity index (χ0v) is 18.6. The number of benzene rings is 1. The van der Waals surface area contributed by atoms with Crippen LogP contribution in [0.3, 0.4) is 0 Å². The second kappa shape index (κ2) is 11.0. The number of nitrogens with one attached hydrogen (secondary N) is 1. The highest BCUT2D eigenvalue weighted by molar-refractivity contribution is 5.76. The Kier molecular flexibility index (Phi) is 7.45. The summed E-state index contributed by atoms with van der Waals surface area (Å²) in [4.78, 5) is 32.2. The van der Waals surface area contributed by atoms with Crippen LogP contribution in [0.2, 0.25) is 0 Å². The number of piperazine rings is 1. The van der Waals surface area contributed by atoms with Gasteiger partial charge in [-0.25, -0.2) is 4.79 Å². The van der Waals surface area contributed by atoms with Gasteiger partial charge in [0.15, 0.2) is 5.76 Å². The summed E-state index contributed by atoms with van der Waals surface area (Å²) in [7, 11) is 0. The lowest BCUT2D eigenvalue weighted by Crippen LogP contribution is -2.49. The fraction of sp³-hybridized carbons (Fsp3) is 0.333. The van der Waals surface area contributed by atoms with E-state index in [1.165, 1.54) is 6.26 Å². The Labute approximate surface area is 196 Å². The van der Waals surface area contributed by atoms with Crippen molar-refractivity contribution in [3.63, 3.8) is 0 Å². The van der Waals surface area contributed by atoms with Crippen LogP contribution >= 0.6 is 0 Å². The summed E-state index contributed by atoms with van der Waals surface area (Å²) in [5.41, 5.74) is 1.10. The molecule has 10 heteroatoms. The topological polar surface area (TPSA) is 125 Å². The van der Waals surface area contributed by atoms with Crippen molar-refractivity contribution in [1.29, 1.82) is 5.26 Å². The minimum absolute atomic E-state index is 0.0217. The lowest BCUT2D eigenvalue weighted by Gasteiger charge is -2.34. The van der Waals surface area contributed by atoms with Gasteiger partial charge < -0.3 is 28.7 Å². The zero-order valence-electron chi connectivity index (χ0n) is 18.6. The number of oxazole rings is 1. The number of carbonyl (C=O) groups excluding carboxylic acids is 2. The first-order valence-electron chi connectivity index (χ1n) is 11.1. The van der Waals surface area contributed by atoms with E-state index in [4.69, 9.17) is 13.6 Å². The standard InChI is InChI=1S/C24H25N5O5/c25-16-19-23(34-22(27-19)20-8-5-15-32-20)29-13-11-28(12-14-29)21(30)9-4-10-26-24(31)33-17-18-6-2-1-3-7-18/h1-3,5-8,15H,4,9-14,17H2,(H,26,31). The maximum absolute atomic E-state index is 12.5. The molecule has 1 fully saturated rings. The number of hydrogen-bond donors (Lipinski definition) is 1. The summed E-state index contributed by atoms with van der Waals surface area (Å²) in [6.45, 7) is 2.63. The minimum Gasteiger partial charge on any atom is -0.459 e. The van der Waals surface area contributed by atoms with Gasteiger partial charge >= 0.3 is 6.09 Å². The largest absolute Gasteiger partial charge is 0.459 e. The number of furan rings is 1. The van der Waals surface area contributed by atoms with E-state index in [1.54, 1.807) is 17.0 Å². The Hall–Kier alpha value is -4.26. The van der Waals surface area contributed by atoms with Gasteiger partial charge in [-0.3, -0.25) is 4.79 Å². The van der Waals surface area contributed by atoms with E-state index in [-0.39, 0.29) is 24.1 Å². The number of ether oxygens (including phenoxy) is 1. The van der Waals surface area contributed by atoms with E-state index in [9.17, 15) is 14.9 Å². The summed E-state index contributed by atoms with van der Waals surface area (Å²) in [6, 6.07) is 14.9. The number of amides is 2. The number of nitrogens with zero attached hydrogens (tertiary/aromatic N) is 4. The van der Waals surface area contributed by atoms with Gasteiger partial charge in [0.1, 0.15) is 12.7 Å². The van der Waals surface area contributed by atoms with Gasteiger partial charge in [-0.15, -0.1) is 0 Å². The molecule has 0 saturated carbocycles. The van der Waals surface area contributed by atoms with E-state index >= 15 is 0 Å². The Morgan fingerprint density at radius 2 is 1.91 bits per heavy atom. The first-order chi connectivity index (χ1) is 16.6. The van der Waals surface area contributed by atoms with Crippen LogP contribution < -0.4 is 10.2 Å². The number of anilines is 1. The number of hydrogen-bond acceptors (Lipinski definition) is 8. The summed E-state index contributed by atoms with van der Waals surface area (Å²) in [6.07, 6.45) is 1.86. The highest BCUT2D eigenvalue weighted by Crippen LogP contribution is 2.29. The van der Waals surface area contributed by atoms with Crippen molar-refractivity contribution in [3.8, 4) is 17.7 Å². The lowest BCUT2D eigenvalue weighted by atomic mass is 10.2. The Balaban J connectivity index is 1.17. The van der Waals surface area contributed by atoms with Crippen molar-refractivity contribution in [1.82, 2.24) is 15.2 Å². The fourth-order valence-corrected chi connectivity index (χ4v) is 3.63. The maximum Gasteiger partial charge on any atom is 0.407 e. The van der Waals surface area contributed by atoms with E-state index in [0.29, 0.717) is 57.2 Å². The van der Waals surface area contributed by atoms with Crippen LogP contribution in [-0.2, 0) is 16.1 Å². The normalized spacial score (nSPS) is 13.4. The Morgan fingerprint density at radius 1 is 1.12 bits per heavy atom. The van der Waals surface area contributed by atoms with Crippen molar-refractivity contribution < 1.29 is 23.2 Å². The van der Waals surface area contributed by atoms with Crippen molar-refractivity contribution >= 4 is 17.9 Å². The molecule has 0 bridgehead atoms. The van der Waals surface area contributed by atoms with Gasteiger partial charge in [-0.05, 0) is 24.1 Å². The molecule has 1 aromatic carbocycles. The molecular weight excluding hydrogens is 438 g/mol. The second-order valence-corrected chi connectivity index (χ2v) is 7.72. The summed E-state index contributed by atoms with van der Waals surface area (Å²) < 4.78 is 16.2. The molecule has 2 aromatic heterocycles. The van der Waals surface area contributed by atoms with Crippen molar-refractivity contribution in [3.05, 3.63) is 60.0 Å². The van der Waals surface area contributed by atoms with E-state index in [0.717, 1.165) is 5.56 Å². The summed E-state index contributed by atoms with van der Waals surface area (Å²) in [5.74, 6) is 1.12. The Morgan fingerprint density at radius 3 is 2.62 bits per heavy atom. The predicted molar refractivity (Wildman–Crippen MR) is 122 cm³/mol. The number of carbonyl (C=O) groups is 2. The van der Waals surface area contributed by atoms with Crippen LogP contribution in [0.5, 0.6) is 0 Å². The molecule has 0 spiro atoms. The number of nitriles is 1. The van der Waals surface area contributed by atoms with Gasteiger partial charge in [0.05, 0.1) is 6.26 Å². The first kappa shape index (κ1) is 22.9. The highest BCUT2D eigenvalue weighted by Gasteiger charge is 2.26. The SMILES string of the molecule is N#Cc1nc(-c2ccco2)oc1N1CCN(C(=O)CCCNC(=O)OCc2ccccc2)CC1. The van der Waals surface area contributed by atoms with E-state index < -0.39 is 6.09 Å². The molecule has 4 rings (SSSR count). The molecule has 1 N–H and O–H groups in total. The molecule has 0 aliphatic carbocycles. The molecule has 2 amide bonds. The summed E-state index contributed by atoms with van der Waals surface area (Å²) in [5, 5.41) is 12.1. The van der Waals surface area contributed by atoms with Crippen LogP contribution in [0.1, 0.15) is 24.1 Å².